The standard InChI is InChI=1S/C26H45NO10/c1-18(29)27-23-25(36-21(4)32)24(35-20(3)31)22(17-34-19(2)30)37-26(23)33-16-14-12-10-8-6-5-7-9-11-13-15-28/h22-26,28H,5-17H2,1-4H3,(H,27,29)/t22-,23-,24+,25-,26-/m1/s1. The Kier molecular flexibility index (Phi) is 16.8. The van der Waals surface area contributed by atoms with Gasteiger partial charge in [0, 0.05) is 40.9 Å². The van der Waals surface area contributed by atoms with Gasteiger partial charge < -0.3 is 34.1 Å². The highest BCUT2D eigenvalue weighted by atomic mass is 16.7. The van der Waals surface area contributed by atoms with Crippen LogP contribution < -0.4 is 5.32 Å². The van der Waals surface area contributed by atoms with Crippen molar-refractivity contribution in [2.24, 2.45) is 0 Å². The predicted octanol–water partition coefficient (Wildman–Crippen LogP) is 2.55. The number of unbranched alkanes of at least 4 members (excludes halogenated alkanes) is 9. The first-order chi connectivity index (χ1) is 17.6. The zero-order valence-corrected chi connectivity index (χ0v) is 22.7. The lowest BCUT2D eigenvalue weighted by atomic mass is 9.96. The number of amides is 1. The van der Waals surface area contributed by atoms with Gasteiger partial charge >= 0.3 is 17.9 Å². The van der Waals surface area contributed by atoms with Gasteiger partial charge in [-0.25, -0.2) is 0 Å². The Morgan fingerprint density at radius 1 is 0.730 bits per heavy atom. The number of aliphatic hydroxyl groups is 1. The number of hydrogen-bond donors (Lipinski definition) is 2. The second kappa shape index (κ2) is 18.9. The summed E-state index contributed by atoms with van der Waals surface area (Å²) >= 11 is 0. The largest absolute Gasteiger partial charge is 0.463 e. The second-order valence-electron chi connectivity index (χ2n) is 9.35. The van der Waals surface area contributed by atoms with E-state index in [9.17, 15) is 19.2 Å². The first kappa shape index (κ1) is 32.8. The molecular formula is C26H45NO10. The van der Waals surface area contributed by atoms with Crippen LogP contribution in [0.3, 0.4) is 0 Å². The second-order valence-corrected chi connectivity index (χ2v) is 9.35. The summed E-state index contributed by atoms with van der Waals surface area (Å²) in [6, 6.07) is -0.940. The van der Waals surface area contributed by atoms with Gasteiger partial charge in [0.25, 0.3) is 0 Å². The van der Waals surface area contributed by atoms with E-state index in [0.29, 0.717) is 6.61 Å². The van der Waals surface area contributed by atoms with Crippen molar-refractivity contribution in [2.75, 3.05) is 19.8 Å². The molecule has 0 aromatic rings. The number of carbonyl (C=O) groups is 4. The molecule has 1 heterocycles. The molecule has 1 fully saturated rings. The molecule has 0 spiro atoms. The fourth-order valence-corrected chi connectivity index (χ4v) is 4.26. The lowest BCUT2D eigenvalue weighted by molar-refractivity contribution is -0.277. The smallest absolute Gasteiger partial charge is 0.303 e. The fraction of sp³-hybridized carbons (Fsp3) is 0.846. The normalized spacial score (nSPS) is 23.2. The zero-order chi connectivity index (χ0) is 27.6. The van der Waals surface area contributed by atoms with E-state index in [4.69, 9.17) is 28.8 Å². The van der Waals surface area contributed by atoms with Crippen LogP contribution in [0.25, 0.3) is 0 Å². The minimum absolute atomic E-state index is 0.252. The van der Waals surface area contributed by atoms with Crippen LogP contribution >= 0.6 is 0 Å². The number of carbonyl (C=O) groups excluding carboxylic acids is 4. The number of esters is 3. The Hall–Kier alpha value is -2.24. The molecule has 0 unspecified atom stereocenters. The lowest BCUT2D eigenvalue weighted by Crippen LogP contribution is -2.66. The number of nitrogens with one attached hydrogen (secondary N) is 1. The molecule has 0 bridgehead atoms. The molecule has 0 saturated carbocycles. The third kappa shape index (κ3) is 14.3. The molecule has 5 atom stereocenters. The van der Waals surface area contributed by atoms with E-state index >= 15 is 0 Å². The van der Waals surface area contributed by atoms with Crippen molar-refractivity contribution in [1.29, 1.82) is 0 Å². The van der Waals surface area contributed by atoms with Gasteiger partial charge in [0.1, 0.15) is 18.8 Å². The maximum Gasteiger partial charge on any atom is 0.303 e. The molecular weight excluding hydrogens is 486 g/mol. The molecule has 1 rings (SSSR count). The first-order valence-electron chi connectivity index (χ1n) is 13.3. The lowest BCUT2D eigenvalue weighted by Gasteiger charge is -2.44. The summed E-state index contributed by atoms with van der Waals surface area (Å²) in [6.45, 7) is 5.30. The van der Waals surface area contributed by atoms with Crippen molar-refractivity contribution >= 4 is 23.8 Å². The van der Waals surface area contributed by atoms with E-state index in [1.807, 2.05) is 0 Å². The summed E-state index contributed by atoms with van der Waals surface area (Å²) in [4.78, 5) is 47.0. The molecule has 1 saturated heterocycles. The summed E-state index contributed by atoms with van der Waals surface area (Å²) in [7, 11) is 0. The molecule has 0 aromatic carbocycles. The van der Waals surface area contributed by atoms with Gasteiger partial charge in [-0.3, -0.25) is 19.2 Å². The zero-order valence-electron chi connectivity index (χ0n) is 22.7. The van der Waals surface area contributed by atoms with E-state index in [-0.39, 0.29) is 13.2 Å². The SMILES string of the molecule is CC(=O)N[C@H]1[C@H](OCCCCCCCCCCCCO)O[C@H](COC(C)=O)[C@H](OC(C)=O)[C@@H]1OC(C)=O. The van der Waals surface area contributed by atoms with Crippen LogP contribution in [0.1, 0.15) is 91.9 Å². The Labute approximate surface area is 219 Å². The van der Waals surface area contributed by atoms with Crippen LogP contribution in [0, 0.1) is 0 Å². The van der Waals surface area contributed by atoms with E-state index in [1.165, 1.54) is 47.0 Å². The van der Waals surface area contributed by atoms with Crippen molar-refractivity contribution in [3.63, 3.8) is 0 Å². The first-order valence-corrected chi connectivity index (χ1v) is 13.3. The molecule has 1 amide bonds. The Morgan fingerprint density at radius 3 is 1.73 bits per heavy atom. The summed E-state index contributed by atoms with van der Waals surface area (Å²) in [5, 5.41) is 11.5. The van der Waals surface area contributed by atoms with Gasteiger partial charge in [0.05, 0.1) is 0 Å². The van der Waals surface area contributed by atoms with Crippen LogP contribution in [-0.4, -0.2) is 79.4 Å². The highest BCUT2D eigenvalue weighted by Gasteiger charge is 2.51. The van der Waals surface area contributed by atoms with E-state index in [0.717, 1.165) is 44.9 Å². The molecule has 2 N–H and O–H groups in total. The van der Waals surface area contributed by atoms with Crippen LogP contribution in [0.15, 0.2) is 0 Å². The van der Waals surface area contributed by atoms with E-state index in [1.54, 1.807) is 0 Å². The minimum atomic E-state index is -1.12. The van der Waals surface area contributed by atoms with Crippen molar-refractivity contribution in [3.8, 4) is 0 Å². The van der Waals surface area contributed by atoms with Crippen molar-refractivity contribution in [2.45, 2.75) is 123 Å². The van der Waals surface area contributed by atoms with Crippen LogP contribution in [0.2, 0.25) is 0 Å². The van der Waals surface area contributed by atoms with Crippen LogP contribution in [0.4, 0.5) is 0 Å². The van der Waals surface area contributed by atoms with E-state index < -0.39 is 54.5 Å². The molecule has 1 aliphatic rings. The Bertz CT molecular complexity index is 701. The molecule has 11 nitrogen and oxygen atoms in total. The number of aliphatic hydroxyl groups excluding tert-OH is 1. The third-order valence-corrected chi connectivity index (χ3v) is 5.91. The summed E-state index contributed by atoms with van der Waals surface area (Å²) in [5.41, 5.74) is 0. The summed E-state index contributed by atoms with van der Waals surface area (Å²) in [6.07, 6.45) is 6.41. The average molecular weight is 532 g/mol. The highest BCUT2D eigenvalue weighted by molar-refractivity contribution is 5.73. The van der Waals surface area contributed by atoms with Crippen molar-refractivity contribution < 1.29 is 48.0 Å². The van der Waals surface area contributed by atoms with Gasteiger partial charge in [0.15, 0.2) is 18.5 Å². The highest BCUT2D eigenvalue weighted by Crippen LogP contribution is 2.28. The van der Waals surface area contributed by atoms with Crippen LogP contribution in [0.5, 0.6) is 0 Å². The van der Waals surface area contributed by atoms with Gasteiger partial charge in [-0.2, -0.15) is 0 Å². The monoisotopic (exact) mass is 531 g/mol. The third-order valence-electron chi connectivity index (χ3n) is 5.91. The number of rotatable bonds is 18. The molecule has 214 valence electrons. The maximum atomic E-state index is 11.9. The molecule has 11 heteroatoms. The molecule has 37 heavy (non-hydrogen) atoms. The Morgan fingerprint density at radius 2 is 1.24 bits per heavy atom. The minimum Gasteiger partial charge on any atom is -0.463 e. The predicted molar refractivity (Wildman–Crippen MR) is 133 cm³/mol. The summed E-state index contributed by atoms with van der Waals surface area (Å²) < 4.78 is 27.8. The molecule has 0 aromatic heterocycles. The van der Waals surface area contributed by atoms with Gasteiger partial charge in [0.2, 0.25) is 5.91 Å². The maximum absolute atomic E-state index is 11.9. The number of hydrogen-bond acceptors (Lipinski definition) is 10. The quantitative estimate of drug-likeness (QED) is 0.154. The molecule has 0 radical (unpaired) electrons. The van der Waals surface area contributed by atoms with Crippen LogP contribution in [-0.2, 0) is 42.9 Å². The fourth-order valence-electron chi connectivity index (χ4n) is 4.26. The van der Waals surface area contributed by atoms with E-state index in [2.05, 4.69) is 5.32 Å². The van der Waals surface area contributed by atoms with Gasteiger partial charge in [-0.15, -0.1) is 0 Å². The van der Waals surface area contributed by atoms with Crippen molar-refractivity contribution in [3.05, 3.63) is 0 Å². The Balaban J connectivity index is 2.71. The van der Waals surface area contributed by atoms with Gasteiger partial charge in [-0.1, -0.05) is 51.4 Å². The number of ether oxygens (including phenoxy) is 5. The van der Waals surface area contributed by atoms with Crippen molar-refractivity contribution in [1.82, 2.24) is 5.32 Å². The molecule has 0 aliphatic carbocycles. The topological polar surface area (TPSA) is 147 Å². The van der Waals surface area contributed by atoms with Gasteiger partial charge in [-0.05, 0) is 12.8 Å². The molecule has 1 aliphatic heterocycles. The average Bonchev–Trinajstić information content (AvgIpc) is 2.81. The summed E-state index contributed by atoms with van der Waals surface area (Å²) in [5.74, 6) is -2.25.